The lowest BCUT2D eigenvalue weighted by molar-refractivity contribution is -0.114. The molecule has 0 unspecified atom stereocenters. The Morgan fingerprint density at radius 1 is 1.30 bits per heavy atom. The van der Waals surface area contributed by atoms with Crippen LogP contribution in [0.1, 0.15) is 6.92 Å². The molecule has 2 nitrogen and oxygen atoms in total. The lowest BCUT2D eigenvalue weighted by Crippen LogP contribution is -2.04. The van der Waals surface area contributed by atoms with Crippen molar-refractivity contribution < 1.29 is 4.79 Å². The molecule has 0 bridgehead atoms. The summed E-state index contributed by atoms with van der Waals surface area (Å²) in [5.74, 6) is -0.0359. The van der Waals surface area contributed by atoms with E-state index in [1.165, 1.54) is 6.92 Å². The number of benzene rings is 1. The van der Waals surface area contributed by atoms with Gasteiger partial charge < -0.3 is 5.32 Å². The first-order valence-corrected chi connectivity index (χ1v) is 3.11. The number of anilines is 1. The van der Waals surface area contributed by atoms with E-state index >= 15 is 0 Å². The zero-order chi connectivity index (χ0) is 7.40. The zero-order valence-corrected chi connectivity index (χ0v) is 5.79. The van der Waals surface area contributed by atoms with Crippen LogP contribution >= 0.6 is 0 Å². The van der Waals surface area contributed by atoms with Gasteiger partial charge in [0.2, 0.25) is 5.91 Å². The van der Waals surface area contributed by atoms with Crippen molar-refractivity contribution in [3.63, 3.8) is 0 Å². The maximum atomic E-state index is 10.5. The number of hydrogen-bond donors (Lipinski definition) is 1. The highest BCUT2D eigenvalue weighted by Crippen LogP contribution is 2.03. The topological polar surface area (TPSA) is 29.1 Å². The van der Waals surface area contributed by atoms with Crippen molar-refractivity contribution in [3.8, 4) is 0 Å². The van der Waals surface area contributed by atoms with Crippen LogP contribution in [0.2, 0.25) is 0 Å². The second-order valence-electron chi connectivity index (χ2n) is 2.05. The molecule has 1 rings (SSSR count). The van der Waals surface area contributed by atoms with Gasteiger partial charge in [0, 0.05) is 12.6 Å². The number of nitrogens with one attached hydrogen (secondary N) is 1. The number of hydrogen-bond acceptors (Lipinski definition) is 1. The van der Waals surface area contributed by atoms with Crippen molar-refractivity contribution >= 4 is 11.6 Å². The highest BCUT2D eigenvalue weighted by atomic mass is 16.2. The van der Waals surface area contributed by atoms with E-state index in [1.807, 2.05) is 30.3 Å². The van der Waals surface area contributed by atoms with Crippen molar-refractivity contribution in [2.24, 2.45) is 0 Å². The first kappa shape index (κ1) is 6.81. The maximum Gasteiger partial charge on any atom is 0.221 e. The minimum absolute atomic E-state index is 0.0359. The van der Waals surface area contributed by atoms with Crippen molar-refractivity contribution in [1.82, 2.24) is 0 Å². The van der Waals surface area contributed by atoms with E-state index in [2.05, 4.69) is 5.32 Å². The average molecular weight is 136 g/mol. The predicted octanol–water partition coefficient (Wildman–Crippen LogP) is 1.64. The number of carbonyl (C=O) groups excluding carboxylic acids is 1. The molecular weight excluding hydrogens is 127 g/mol. The van der Waals surface area contributed by atoms with Gasteiger partial charge in [-0.25, -0.2) is 0 Å². The molecule has 0 atom stereocenters. The number of para-hydroxylation sites is 1. The molecule has 1 N–H and O–H groups in total. The molecule has 0 aromatic heterocycles. The van der Waals surface area contributed by atoms with Crippen molar-refractivity contribution in [2.75, 3.05) is 5.32 Å². The Morgan fingerprint density at radius 3 is 2.40 bits per heavy atom. The summed E-state index contributed by atoms with van der Waals surface area (Å²) in [5.41, 5.74) is 0.843. The minimum atomic E-state index is -0.0359. The molecule has 0 fully saturated rings. The SMILES string of the molecule is CC(=O)[15NH]c1ccccc1. The van der Waals surface area contributed by atoms with E-state index < -0.39 is 0 Å². The standard InChI is InChI=1S/C8H9NO/c1-7(10)9-8-5-3-2-4-6-8/h2-6H,1H3,(H,9,10)/i9+1. The van der Waals surface area contributed by atoms with E-state index in [0.717, 1.165) is 5.69 Å². The van der Waals surface area contributed by atoms with Crippen LogP contribution in [0.5, 0.6) is 0 Å². The summed E-state index contributed by atoms with van der Waals surface area (Å²) in [5, 5.41) is 2.67. The van der Waals surface area contributed by atoms with Crippen molar-refractivity contribution in [1.29, 1.82) is 0 Å². The molecule has 1 aromatic carbocycles. The van der Waals surface area contributed by atoms with Gasteiger partial charge in [0.05, 0.1) is 0 Å². The van der Waals surface area contributed by atoms with Gasteiger partial charge in [0.15, 0.2) is 0 Å². The van der Waals surface area contributed by atoms with Crippen molar-refractivity contribution in [3.05, 3.63) is 30.3 Å². The molecule has 0 radical (unpaired) electrons. The summed E-state index contributed by atoms with van der Waals surface area (Å²) < 4.78 is 0. The van der Waals surface area contributed by atoms with Gasteiger partial charge in [-0.1, -0.05) is 18.2 Å². The van der Waals surface area contributed by atoms with Gasteiger partial charge in [0.25, 0.3) is 0 Å². The Morgan fingerprint density at radius 2 is 1.90 bits per heavy atom. The number of amides is 1. The summed E-state index contributed by atoms with van der Waals surface area (Å²) >= 11 is 0. The average Bonchev–Trinajstić information content (AvgIpc) is 1.88. The highest BCUT2D eigenvalue weighted by molar-refractivity contribution is 5.88. The van der Waals surface area contributed by atoms with E-state index in [-0.39, 0.29) is 5.91 Å². The fraction of sp³-hybridized carbons (Fsp3) is 0.125. The molecule has 0 spiro atoms. The fourth-order valence-corrected chi connectivity index (χ4v) is 0.725. The van der Waals surface area contributed by atoms with Crippen LogP contribution in [0.3, 0.4) is 0 Å². The monoisotopic (exact) mass is 136 g/mol. The Labute approximate surface area is 59.9 Å². The van der Waals surface area contributed by atoms with Gasteiger partial charge in [-0.2, -0.15) is 0 Å². The molecule has 0 heterocycles. The fourth-order valence-electron chi connectivity index (χ4n) is 0.725. The molecule has 10 heavy (non-hydrogen) atoms. The number of rotatable bonds is 1. The highest BCUT2D eigenvalue weighted by Gasteiger charge is 1.90. The van der Waals surface area contributed by atoms with Gasteiger partial charge in [-0.3, -0.25) is 4.79 Å². The Bertz CT molecular complexity index is 218. The maximum absolute atomic E-state index is 10.5. The third-order valence-corrected chi connectivity index (χ3v) is 1.09. The van der Waals surface area contributed by atoms with Crippen LogP contribution in [0.4, 0.5) is 5.69 Å². The normalized spacial score (nSPS) is 8.90. The zero-order valence-electron chi connectivity index (χ0n) is 5.79. The first-order valence-electron chi connectivity index (χ1n) is 3.11. The molecule has 0 saturated heterocycles. The van der Waals surface area contributed by atoms with Gasteiger partial charge in [-0.15, -0.1) is 0 Å². The molecule has 0 saturated carbocycles. The summed E-state index contributed by atoms with van der Waals surface area (Å²) in [6.07, 6.45) is 0. The van der Waals surface area contributed by atoms with Crippen LogP contribution in [-0.2, 0) is 4.79 Å². The van der Waals surface area contributed by atoms with Crippen LogP contribution in [0.25, 0.3) is 0 Å². The van der Waals surface area contributed by atoms with Gasteiger partial charge in [0.1, 0.15) is 0 Å². The Balaban J connectivity index is 2.67. The lowest BCUT2D eigenvalue weighted by Gasteiger charge is -1.98. The largest absolute Gasteiger partial charge is 0.326 e. The summed E-state index contributed by atoms with van der Waals surface area (Å²) in [4.78, 5) is 10.5. The molecule has 0 aliphatic heterocycles. The van der Waals surface area contributed by atoms with Crippen LogP contribution in [-0.4, -0.2) is 5.91 Å². The van der Waals surface area contributed by atoms with Gasteiger partial charge in [-0.05, 0) is 12.1 Å². The third-order valence-electron chi connectivity index (χ3n) is 1.09. The van der Waals surface area contributed by atoms with Crippen LogP contribution in [0, 0.1) is 0 Å². The Hall–Kier alpha value is -1.31. The molecule has 1 aromatic rings. The van der Waals surface area contributed by atoms with Crippen LogP contribution < -0.4 is 5.32 Å². The van der Waals surface area contributed by atoms with E-state index in [9.17, 15) is 4.79 Å². The molecule has 2 heteroatoms. The molecule has 0 aliphatic rings. The lowest BCUT2D eigenvalue weighted by atomic mass is 10.3. The van der Waals surface area contributed by atoms with E-state index in [0.29, 0.717) is 0 Å². The molecular formula is C8H9NO. The summed E-state index contributed by atoms with van der Waals surface area (Å²) in [6.45, 7) is 1.49. The van der Waals surface area contributed by atoms with Crippen molar-refractivity contribution in [2.45, 2.75) is 6.92 Å². The van der Waals surface area contributed by atoms with E-state index in [1.54, 1.807) is 0 Å². The van der Waals surface area contributed by atoms with Gasteiger partial charge >= 0.3 is 0 Å². The quantitative estimate of drug-likeness (QED) is 0.584. The van der Waals surface area contributed by atoms with Crippen LogP contribution in [0.15, 0.2) is 30.3 Å². The molecule has 0 aliphatic carbocycles. The smallest absolute Gasteiger partial charge is 0.221 e. The molecule has 1 amide bonds. The predicted molar refractivity (Wildman–Crippen MR) is 40.7 cm³/mol. The van der Waals surface area contributed by atoms with E-state index in [4.69, 9.17) is 0 Å². The summed E-state index contributed by atoms with van der Waals surface area (Å²) in [6, 6.07) is 9.37. The Kier molecular flexibility index (Phi) is 2.05. The molecule has 52 valence electrons. The number of carbonyl (C=O) groups is 1. The second kappa shape index (κ2) is 3.01. The third kappa shape index (κ3) is 1.90. The second-order valence-corrected chi connectivity index (χ2v) is 2.05. The first-order chi connectivity index (χ1) is 4.79. The minimum Gasteiger partial charge on any atom is -0.326 e. The summed E-state index contributed by atoms with van der Waals surface area (Å²) in [7, 11) is 0.